The van der Waals surface area contributed by atoms with Crippen LogP contribution in [0.2, 0.25) is 0 Å². The molecule has 2 fully saturated rings. The van der Waals surface area contributed by atoms with Crippen molar-refractivity contribution in [1.82, 2.24) is 9.80 Å². The highest BCUT2D eigenvalue weighted by Gasteiger charge is 2.59. The molecule has 2 aromatic rings. The summed E-state index contributed by atoms with van der Waals surface area (Å²) in [6.45, 7) is -0.757. The molecule has 2 saturated heterocycles. The van der Waals surface area contributed by atoms with Crippen LogP contribution < -0.4 is 4.90 Å². The van der Waals surface area contributed by atoms with Crippen LogP contribution in [0.1, 0.15) is 16.7 Å². The van der Waals surface area contributed by atoms with Gasteiger partial charge >= 0.3 is 6.18 Å². The summed E-state index contributed by atoms with van der Waals surface area (Å²) in [5.41, 5.74) is -2.02. The van der Waals surface area contributed by atoms with Gasteiger partial charge in [0.1, 0.15) is 18.4 Å². The second kappa shape index (κ2) is 7.88. The fraction of sp³-hybridized carbons (Fsp3) is 0.273. The zero-order valence-electron chi connectivity index (χ0n) is 17.0. The largest absolute Gasteiger partial charge is 0.416 e. The molecule has 3 amide bonds. The average Bonchev–Trinajstić information content (AvgIpc) is 2.75. The highest BCUT2D eigenvalue weighted by Crippen LogP contribution is 2.37. The van der Waals surface area contributed by atoms with Crippen LogP contribution >= 0.6 is 0 Å². The fourth-order valence-electron chi connectivity index (χ4n) is 4.10. The highest BCUT2D eigenvalue weighted by atomic mass is 19.4. The Morgan fingerprint density at radius 1 is 1.09 bits per heavy atom. The van der Waals surface area contributed by atoms with E-state index >= 15 is 0 Å². The molecule has 0 N–H and O–H groups in total. The number of nitriles is 1. The molecule has 0 bridgehead atoms. The Hall–Kier alpha value is -3.94. The number of benzene rings is 2. The van der Waals surface area contributed by atoms with Gasteiger partial charge in [-0.1, -0.05) is 12.1 Å². The molecule has 33 heavy (non-hydrogen) atoms. The number of carbonyl (C=O) groups excluding carboxylic acids is 3. The van der Waals surface area contributed by atoms with Crippen LogP contribution in [-0.2, 0) is 27.1 Å². The number of carbonyl (C=O) groups is 3. The molecule has 170 valence electrons. The Kier molecular flexibility index (Phi) is 5.32. The number of anilines is 1. The van der Waals surface area contributed by atoms with E-state index in [1.807, 2.05) is 0 Å². The van der Waals surface area contributed by atoms with Gasteiger partial charge in [0.2, 0.25) is 12.3 Å². The minimum Gasteiger partial charge on any atom is -0.339 e. The second-order valence-corrected chi connectivity index (χ2v) is 7.88. The molecule has 0 saturated carbocycles. The molecular weight excluding hydrogens is 444 g/mol. The molecule has 1 spiro atoms. The Morgan fingerprint density at radius 2 is 1.76 bits per heavy atom. The average molecular weight is 460 g/mol. The van der Waals surface area contributed by atoms with Gasteiger partial charge in [-0.3, -0.25) is 14.4 Å². The summed E-state index contributed by atoms with van der Waals surface area (Å²) in [4.78, 5) is 41.3. The van der Waals surface area contributed by atoms with Crippen molar-refractivity contribution in [3.05, 3.63) is 65.0 Å². The van der Waals surface area contributed by atoms with E-state index < -0.39 is 41.5 Å². The van der Waals surface area contributed by atoms with Crippen LogP contribution in [0, 0.1) is 17.1 Å². The van der Waals surface area contributed by atoms with Gasteiger partial charge in [0.15, 0.2) is 5.54 Å². The quantitative estimate of drug-likeness (QED) is 0.518. The zero-order valence-corrected chi connectivity index (χ0v) is 17.0. The summed E-state index contributed by atoms with van der Waals surface area (Å²) >= 11 is 0. The molecule has 0 atom stereocenters. The van der Waals surface area contributed by atoms with Gasteiger partial charge in [-0.25, -0.2) is 4.39 Å². The summed E-state index contributed by atoms with van der Waals surface area (Å²) in [7, 11) is 0. The first-order valence-corrected chi connectivity index (χ1v) is 9.76. The number of rotatable bonds is 4. The number of hydrogen-bond donors (Lipinski definition) is 0. The van der Waals surface area contributed by atoms with Crippen molar-refractivity contribution in [1.29, 1.82) is 5.26 Å². The lowest BCUT2D eigenvalue weighted by molar-refractivity contribution is -0.166. The zero-order chi connectivity index (χ0) is 24.0. The minimum atomic E-state index is -4.51. The van der Waals surface area contributed by atoms with E-state index in [0.717, 1.165) is 23.1 Å². The maximum absolute atomic E-state index is 14.1. The third-order valence-electron chi connectivity index (χ3n) is 5.84. The Morgan fingerprint density at radius 3 is 2.30 bits per heavy atom. The lowest BCUT2D eigenvalue weighted by Crippen LogP contribution is -2.80. The molecule has 2 aliphatic rings. The van der Waals surface area contributed by atoms with Crippen molar-refractivity contribution in [2.75, 3.05) is 24.5 Å². The number of alkyl halides is 3. The Labute approximate surface area is 185 Å². The summed E-state index contributed by atoms with van der Waals surface area (Å²) in [5, 5.41) is 8.90. The smallest absolute Gasteiger partial charge is 0.339 e. The van der Waals surface area contributed by atoms with Gasteiger partial charge in [0, 0.05) is 12.2 Å². The highest BCUT2D eigenvalue weighted by molar-refractivity contribution is 6.10. The molecular formula is C22H16F4N4O3. The predicted octanol–water partition coefficient (Wildman–Crippen LogP) is 2.30. The van der Waals surface area contributed by atoms with E-state index in [0.29, 0.717) is 12.0 Å². The van der Waals surface area contributed by atoms with Crippen LogP contribution in [-0.4, -0.2) is 53.2 Å². The van der Waals surface area contributed by atoms with Gasteiger partial charge in [-0.15, -0.1) is 0 Å². The Balaban J connectivity index is 1.65. The van der Waals surface area contributed by atoms with E-state index in [1.54, 1.807) is 6.07 Å². The third kappa shape index (κ3) is 3.77. The van der Waals surface area contributed by atoms with Crippen molar-refractivity contribution in [3.63, 3.8) is 0 Å². The fourth-order valence-corrected chi connectivity index (χ4v) is 4.10. The first-order valence-electron chi connectivity index (χ1n) is 9.76. The van der Waals surface area contributed by atoms with E-state index in [-0.39, 0.29) is 30.9 Å². The van der Waals surface area contributed by atoms with Gasteiger partial charge < -0.3 is 14.7 Å². The van der Waals surface area contributed by atoms with E-state index in [1.165, 1.54) is 34.1 Å². The van der Waals surface area contributed by atoms with E-state index in [9.17, 15) is 31.9 Å². The van der Waals surface area contributed by atoms with Crippen molar-refractivity contribution >= 4 is 23.9 Å². The minimum absolute atomic E-state index is 0.0861. The molecule has 4 rings (SSSR count). The summed E-state index contributed by atoms with van der Waals surface area (Å²) < 4.78 is 52.7. The molecule has 0 aliphatic carbocycles. The summed E-state index contributed by atoms with van der Waals surface area (Å²) in [6, 6.07) is 9.45. The van der Waals surface area contributed by atoms with Crippen LogP contribution in [0.4, 0.5) is 23.2 Å². The topological polar surface area (TPSA) is 84.7 Å². The van der Waals surface area contributed by atoms with Gasteiger partial charge in [-0.05, 0) is 35.9 Å². The number of likely N-dealkylation sites (tertiary alicyclic amines) is 1. The summed E-state index contributed by atoms with van der Waals surface area (Å²) in [6.07, 6.45) is -3.98. The van der Waals surface area contributed by atoms with Crippen LogP contribution in [0.25, 0.3) is 0 Å². The number of hydrogen-bond acceptors (Lipinski definition) is 4. The first kappa shape index (κ1) is 22.3. The first-order chi connectivity index (χ1) is 15.6. The predicted molar refractivity (Wildman–Crippen MR) is 106 cm³/mol. The molecule has 7 nitrogen and oxygen atoms in total. The monoisotopic (exact) mass is 460 g/mol. The van der Waals surface area contributed by atoms with Crippen LogP contribution in [0.5, 0.6) is 0 Å². The SMILES string of the molecule is N#Cc1ccc(N2CC(=O)N(Cc3ccc(C(F)(F)F)cc3)C3(CN(C=O)C3)C2=O)cc1F. The number of halogens is 4. The van der Waals surface area contributed by atoms with Crippen molar-refractivity contribution in [2.24, 2.45) is 0 Å². The second-order valence-electron chi connectivity index (χ2n) is 7.88. The third-order valence-corrected chi connectivity index (χ3v) is 5.84. The molecule has 0 radical (unpaired) electrons. The maximum atomic E-state index is 14.1. The number of piperazine rings is 1. The molecule has 0 unspecified atom stereocenters. The maximum Gasteiger partial charge on any atom is 0.416 e. The normalized spacial score (nSPS) is 17.7. The lowest BCUT2D eigenvalue weighted by Gasteiger charge is -2.57. The van der Waals surface area contributed by atoms with Crippen molar-refractivity contribution in [3.8, 4) is 6.07 Å². The molecule has 0 aromatic heterocycles. The van der Waals surface area contributed by atoms with E-state index in [4.69, 9.17) is 5.26 Å². The number of amides is 3. The Bertz CT molecular complexity index is 1170. The molecule has 11 heteroatoms. The molecule has 2 aliphatic heterocycles. The van der Waals surface area contributed by atoms with Gasteiger partial charge in [-0.2, -0.15) is 18.4 Å². The molecule has 2 aromatic carbocycles. The van der Waals surface area contributed by atoms with Crippen LogP contribution in [0.15, 0.2) is 42.5 Å². The standard InChI is InChI=1S/C22H16F4N4O3/c23-18-7-17(6-3-15(18)8-27)29-10-19(32)30(21(20(29)33)11-28(12-21)13-31)9-14-1-4-16(5-2-14)22(24,25)26/h1-7,13H,9-12H2. The van der Waals surface area contributed by atoms with Crippen molar-refractivity contribution in [2.45, 2.75) is 18.3 Å². The van der Waals surface area contributed by atoms with Crippen molar-refractivity contribution < 1.29 is 31.9 Å². The van der Waals surface area contributed by atoms with Gasteiger partial charge in [0.25, 0.3) is 5.91 Å². The lowest BCUT2D eigenvalue weighted by atomic mass is 9.83. The summed E-state index contributed by atoms with van der Waals surface area (Å²) in [5.74, 6) is -1.90. The molecule has 2 heterocycles. The van der Waals surface area contributed by atoms with Crippen LogP contribution in [0.3, 0.4) is 0 Å². The number of nitrogens with zero attached hydrogens (tertiary/aromatic N) is 4. The van der Waals surface area contributed by atoms with Gasteiger partial charge in [0.05, 0.1) is 24.2 Å². The van der Waals surface area contributed by atoms with E-state index in [2.05, 4.69) is 0 Å².